The number of hydrogen-bond acceptors (Lipinski definition) is 1. The van der Waals surface area contributed by atoms with Crippen molar-refractivity contribution >= 4 is 15.9 Å². The Bertz CT molecular complexity index is 537. The van der Waals surface area contributed by atoms with Crippen LogP contribution in [0.4, 0.5) is 8.78 Å². The van der Waals surface area contributed by atoms with E-state index in [0.717, 1.165) is 11.3 Å². The highest BCUT2D eigenvalue weighted by Crippen LogP contribution is 2.31. The zero-order valence-electron chi connectivity index (χ0n) is 9.83. The van der Waals surface area contributed by atoms with E-state index in [2.05, 4.69) is 20.9 Å². The van der Waals surface area contributed by atoms with Crippen LogP contribution in [0.15, 0.2) is 36.5 Å². The summed E-state index contributed by atoms with van der Waals surface area (Å²) in [5.41, 5.74) is 1.91. The smallest absolute Gasteiger partial charge is 0.130 e. The molecule has 1 aromatic carbocycles. The highest BCUT2D eigenvalue weighted by atomic mass is 79.9. The van der Waals surface area contributed by atoms with Crippen LogP contribution < -0.4 is 0 Å². The maximum absolute atomic E-state index is 13.6. The number of aryl methyl sites for hydroxylation is 1. The minimum absolute atomic E-state index is 0.0579. The van der Waals surface area contributed by atoms with E-state index in [0.29, 0.717) is 6.42 Å². The van der Waals surface area contributed by atoms with Crippen LogP contribution in [0.25, 0.3) is 0 Å². The van der Waals surface area contributed by atoms with Crippen LogP contribution in [0.5, 0.6) is 0 Å². The molecular weight excluding hydrogens is 300 g/mol. The molecule has 1 atom stereocenters. The molecule has 1 nitrogen and oxygen atoms in total. The van der Waals surface area contributed by atoms with Crippen molar-refractivity contribution in [3.8, 4) is 0 Å². The maximum atomic E-state index is 13.6. The van der Waals surface area contributed by atoms with E-state index in [1.807, 2.05) is 19.1 Å². The summed E-state index contributed by atoms with van der Waals surface area (Å²) in [6.45, 7) is 1.93. The van der Waals surface area contributed by atoms with Crippen molar-refractivity contribution in [2.45, 2.75) is 18.2 Å². The minimum atomic E-state index is -0.537. The molecule has 0 aliphatic heterocycles. The number of benzene rings is 1. The highest BCUT2D eigenvalue weighted by Gasteiger charge is 2.18. The molecule has 0 fully saturated rings. The summed E-state index contributed by atoms with van der Waals surface area (Å²) in [4.78, 5) is 3.80. The third kappa shape index (κ3) is 2.75. The molecule has 4 heteroatoms. The van der Waals surface area contributed by atoms with Crippen LogP contribution in [0.3, 0.4) is 0 Å². The molecule has 0 bridgehead atoms. The van der Waals surface area contributed by atoms with Gasteiger partial charge in [0.15, 0.2) is 0 Å². The fraction of sp³-hybridized carbons (Fsp3) is 0.214. The first-order chi connectivity index (χ1) is 8.59. The third-order valence-electron chi connectivity index (χ3n) is 2.80. The number of aromatic nitrogens is 1. The topological polar surface area (TPSA) is 12.9 Å². The predicted octanol–water partition coefficient (Wildman–Crippen LogP) is 4.35. The van der Waals surface area contributed by atoms with E-state index in [1.54, 1.807) is 6.20 Å². The van der Waals surface area contributed by atoms with E-state index < -0.39 is 16.5 Å². The number of pyridine rings is 1. The Hall–Kier alpha value is -1.29. The van der Waals surface area contributed by atoms with Crippen LogP contribution in [-0.2, 0) is 6.42 Å². The molecule has 0 radical (unpaired) electrons. The van der Waals surface area contributed by atoms with Gasteiger partial charge < -0.3 is 0 Å². The lowest BCUT2D eigenvalue weighted by atomic mass is 10.0. The second kappa shape index (κ2) is 5.57. The molecule has 0 N–H and O–H groups in total. The normalized spacial score (nSPS) is 12.4. The van der Waals surface area contributed by atoms with Gasteiger partial charge in [0.1, 0.15) is 11.6 Å². The van der Waals surface area contributed by atoms with Crippen molar-refractivity contribution in [2.75, 3.05) is 0 Å². The molecule has 0 amide bonds. The summed E-state index contributed by atoms with van der Waals surface area (Å²) < 4.78 is 27.2. The summed E-state index contributed by atoms with van der Waals surface area (Å²) in [6.07, 6.45) is 2.13. The Morgan fingerprint density at radius 1 is 1.17 bits per heavy atom. The summed E-state index contributed by atoms with van der Waals surface area (Å²) in [5.74, 6) is -1.07. The molecule has 1 heterocycles. The summed E-state index contributed by atoms with van der Waals surface area (Å²) >= 11 is 3.34. The van der Waals surface area contributed by atoms with E-state index in [9.17, 15) is 8.78 Å². The lowest BCUT2D eigenvalue weighted by Crippen LogP contribution is -2.04. The van der Waals surface area contributed by atoms with Crippen molar-refractivity contribution in [3.05, 3.63) is 65.0 Å². The number of nitrogens with zero attached hydrogens (tertiary/aromatic N) is 1. The first-order valence-electron chi connectivity index (χ1n) is 5.58. The van der Waals surface area contributed by atoms with Gasteiger partial charge in [-0.15, -0.1) is 0 Å². The van der Waals surface area contributed by atoms with Gasteiger partial charge >= 0.3 is 0 Å². The highest BCUT2D eigenvalue weighted by molar-refractivity contribution is 9.09. The average Bonchev–Trinajstić information content (AvgIpc) is 2.32. The van der Waals surface area contributed by atoms with Gasteiger partial charge in [0, 0.05) is 23.9 Å². The molecule has 0 saturated carbocycles. The van der Waals surface area contributed by atoms with Crippen molar-refractivity contribution in [2.24, 2.45) is 0 Å². The van der Waals surface area contributed by atoms with Crippen LogP contribution >= 0.6 is 15.9 Å². The fourth-order valence-corrected chi connectivity index (χ4v) is 2.56. The first kappa shape index (κ1) is 13.1. The first-order valence-corrected chi connectivity index (χ1v) is 6.49. The van der Waals surface area contributed by atoms with Gasteiger partial charge in [-0.3, -0.25) is 4.98 Å². The van der Waals surface area contributed by atoms with Gasteiger partial charge in [-0.25, -0.2) is 8.78 Å². The molecule has 18 heavy (non-hydrogen) atoms. The summed E-state index contributed by atoms with van der Waals surface area (Å²) in [5, 5.41) is 0. The molecule has 0 saturated heterocycles. The van der Waals surface area contributed by atoms with Crippen molar-refractivity contribution in [1.82, 2.24) is 4.98 Å². The number of rotatable bonds is 3. The molecule has 2 aromatic rings. The molecule has 94 valence electrons. The second-order valence-electron chi connectivity index (χ2n) is 4.07. The number of hydrogen-bond donors (Lipinski definition) is 0. The molecule has 2 rings (SSSR count). The van der Waals surface area contributed by atoms with Gasteiger partial charge in [0.2, 0.25) is 0 Å². The summed E-state index contributed by atoms with van der Waals surface area (Å²) in [7, 11) is 0. The Labute approximate surface area is 113 Å². The van der Waals surface area contributed by atoms with Crippen LogP contribution in [0.2, 0.25) is 0 Å². The Morgan fingerprint density at radius 3 is 2.44 bits per heavy atom. The SMILES string of the molecule is Cc1cccnc1CC(Br)c1c(F)cccc1F. The van der Waals surface area contributed by atoms with Crippen LogP contribution in [0, 0.1) is 18.6 Å². The van der Waals surface area contributed by atoms with Crippen LogP contribution in [-0.4, -0.2) is 4.98 Å². The zero-order chi connectivity index (χ0) is 13.1. The Kier molecular flexibility index (Phi) is 4.07. The average molecular weight is 312 g/mol. The van der Waals surface area contributed by atoms with Gasteiger partial charge in [-0.1, -0.05) is 28.1 Å². The largest absolute Gasteiger partial charge is 0.261 e. The molecule has 0 aliphatic rings. The van der Waals surface area contributed by atoms with Crippen molar-refractivity contribution in [1.29, 1.82) is 0 Å². The maximum Gasteiger partial charge on any atom is 0.130 e. The summed E-state index contributed by atoms with van der Waals surface area (Å²) in [6, 6.07) is 7.65. The molecular formula is C14H12BrF2N. The lowest BCUT2D eigenvalue weighted by Gasteiger charge is -2.13. The van der Waals surface area contributed by atoms with Crippen LogP contribution in [0.1, 0.15) is 21.6 Å². The number of halogens is 3. The minimum Gasteiger partial charge on any atom is -0.261 e. The van der Waals surface area contributed by atoms with Gasteiger partial charge in [0.25, 0.3) is 0 Å². The van der Waals surface area contributed by atoms with Gasteiger partial charge in [-0.05, 0) is 30.7 Å². The number of alkyl halides is 1. The molecule has 1 aromatic heterocycles. The van der Waals surface area contributed by atoms with E-state index in [-0.39, 0.29) is 5.56 Å². The Morgan fingerprint density at radius 2 is 1.83 bits per heavy atom. The van der Waals surface area contributed by atoms with E-state index >= 15 is 0 Å². The quantitative estimate of drug-likeness (QED) is 0.768. The van der Waals surface area contributed by atoms with E-state index in [1.165, 1.54) is 18.2 Å². The third-order valence-corrected chi connectivity index (χ3v) is 3.58. The van der Waals surface area contributed by atoms with Gasteiger partial charge in [0.05, 0.1) is 4.83 Å². The van der Waals surface area contributed by atoms with Gasteiger partial charge in [-0.2, -0.15) is 0 Å². The van der Waals surface area contributed by atoms with E-state index in [4.69, 9.17) is 0 Å². The predicted molar refractivity (Wildman–Crippen MR) is 70.7 cm³/mol. The Balaban J connectivity index is 2.28. The van der Waals surface area contributed by atoms with Crippen molar-refractivity contribution < 1.29 is 8.78 Å². The second-order valence-corrected chi connectivity index (χ2v) is 5.18. The molecule has 0 aliphatic carbocycles. The fourth-order valence-electron chi connectivity index (χ4n) is 1.81. The molecule has 1 unspecified atom stereocenters. The van der Waals surface area contributed by atoms with Crippen molar-refractivity contribution in [3.63, 3.8) is 0 Å². The monoisotopic (exact) mass is 311 g/mol. The standard InChI is InChI=1S/C14H12BrF2N/c1-9-4-3-7-18-13(9)8-10(15)14-11(16)5-2-6-12(14)17/h2-7,10H,8H2,1H3. The zero-order valence-corrected chi connectivity index (χ0v) is 11.4. The molecule has 0 spiro atoms. The lowest BCUT2D eigenvalue weighted by molar-refractivity contribution is 0.553.